The van der Waals surface area contributed by atoms with E-state index in [0.29, 0.717) is 5.92 Å². The van der Waals surface area contributed by atoms with Crippen LogP contribution in [0.5, 0.6) is 5.75 Å². The fourth-order valence-corrected chi connectivity index (χ4v) is 3.74. The van der Waals surface area contributed by atoms with Crippen LogP contribution < -0.4 is 9.64 Å². The smallest absolute Gasteiger partial charge is 0.129 e. The largest absolute Gasteiger partial charge is 0.496 e. The number of benzene rings is 2. The molecule has 0 amide bonds. The van der Waals surface area contributed by atoms with Gasteiger partial charge in [0.05, 0.1) is 12.8 Å². The van der Waals surface area contributed by atoms with Crippen molar-refractivity contribution in [2.24, 2.45) is 4.99 Å². The first kappa shape index (κ1) is 17.5. The van der Waals surface area contributed by atoms with Crippen molar-refractivity contribution >= 4 is 17.6 Å². The first-order chi connectivity index (χ1) is 11.8. The van der Waals surface area contributed by atoms with E-state index in [0.717, 1.165) is 23.4 Å². The zero-order valence-corrected chi connectivity index (χ0v) is 16.1. The van der Waals surface area contributed by atoms with Gasteiger partial charge in [-0.15, -0.1) is 0 Å². The van der Waals surface area contributed by atoms with Crippen molar-refractivity contribution < 1.29 is 4.74 Å². The Hall–Kier alpha value is -2.29. The van der Waals surface area contributed by atoms with Crippen LogP contribution in [0.25, 0.3) is 0 Å². The third-order valence-corrected chi connectivity index (χ3v) is 5.34. The van der Waals surface area contributed by atoms with Crippen LogP contribution in [0.1, 0.15) is 49.8 Å². The van der Waals surface area contributed by atoms with E-state index in [9.17, 15) is 0 Å². The molecule has 0 saturated carbocycles. The van der Waals surface area contributed by atoms with Crippen LogP contribution >= 0.6 is 0 Å². The summed E-state index contributed by atoms with van der Waals surface area (Å²) in [5.74, 6) is 1.38. The number of rotatable bonds is 3. The molecule has 0 N–H and O–H groups in total. The highest BCUT2D eigenvalue weighted by molar-refractivity contribution is 5.87. The molecule has 3 nitrogen and oxygen atoms in total. The average Bonchev–Trinajstić information content (AvgIpc) is 2.57. The van der Waals surface area contributed by atoms with Crippen LogP contribution in [-0.2, 0) is 0 Å². The zero-order chi connectivity index (χ0) is 18.2. The topological polar surface area (TPSA) is 24.8 Å². The van der Waals surface area contributed by atoms with Crippen LogP contribution in [-0.4, -0.2) is 25.9 Å². The number of hydrogen-bond donors (Lipinski definition) is 0. The van der Waals surface area contributed by atoms with Crippen molar-refractivity contribution in [2.75, 3.05) is 19.1 Å². The third kappa shape index (κ3) is 3.41. The Morgan fingerprint density at radius 1 is 1.24 bits per heavy atom. The van der Waals surface area contributed by atoms with Gasteiger partial charge in [0, 0.05) is 36.1 Å². The summed E-state index contributed by atoms with van der Waals surface area (Å²) in [6.45, 7) is 8.98. The van der Waals surface area contributed by atoms with E-state index < -0.39 is 0 Å². The van der Waals surface area contributed by atoms with Gasteiger partial charge in [-0.3, -0.25) is 4.99 Å². The molecular weight excluding hydrogens is 308 g/mol. The maximum atomic E-state index is 5.66. The second-order valence-corrected chi connectivity index (χ2v) is 7.73. The van der Waals surface area contributed by atoms with Crippen molar-refractivity contribution in [2.45, 2.75) is 45.6 Å². The van der Waals surface area contributed by atoms with Crippen molar-refractivity contribution in [1.29, 1.82) is 0 Å². The molecule has 0 bridgehead atoms. The van der Waals surface area contributed by atoms with Gasteiger partial charge < -0.3 is 9.64 Å². The Balaban J connectivity index is 2.03. The number of aliphatic imine (C=N–C) groups is 1. The van der Waals surface area contributed by atoms with Crippen LogP contribution in [0, 0.1) is 6.92 Å². The summed E-state index contributed by atoms with van der Waals surface area (Å²) < 4.78 is 5.66. The number of aryl methyl sites for hydroxylation is 1. The summed E-state index contributed by atoms with van der Waals surface area (Å²) in [5.41, 5.74) is 5.98. The fraction of sp³-hybridized carbons (Fsp3) is 0.409. The average molecular weight is 336 g/mol. The molecule has 1 aliphatic heterocycles. The second kappa shape index (κ2) is 6.55. The van der Waals surface area contributed by atoms with E-state index in [4.69, 9.17) is 4.74 Å². The van der Waals surface area contributed by atoms with Crippen molar-refractivity contribution in [3.8, 4) is 5.75 Å². The highest BCUT2D eigenvalue weighted by atomic mass is 16.5. The maximum Gasteiger partial charge on any atom is 0.129 e. The lowest BCUT2D eigenvalue weighted by molar-refractivity contribution is 0.389. The predicted molar refractivity (Wildman–Crippen MR) is 107 cm³/mol. The predicted octanol–water partition coefficient (Wildman–Crippen LogP) is 5.48. The monoisotopic (exact) mass is 336 g/mol. The molecule has 2 aromatic rings. The van der Waals surface area contributed by atoms with E-state index in [1.807, 2.05) is 18.3 Å². The number of nitrogens with zero attached hydrogens (tertiary/aromatic N) is 2. The number of fused-ring (bicyclic) bond motifs is 1. The molecular formula is C22H28N2O. The Morgan fingerprint density at radius 3 is 2.68 bits per heavy atom. The van der Waals surface area contributed by atoms with Gasteiger partial charge in [-0.05, 0) is 62.4 Å². The third-order valence-electron chi connectivity index (χ3n) is 5.34. The minimum absolute atomic E-state index is 0.147. The molecule has 3 heteroatoms. The van der Waals surface area contributed by atoms with Gasteiger partial charge >= 0.3 is 0 Å². The summed E-state index contributed by atoms with van der Waals surface area (Å²) in [4.78, 5) is 7.02. The molecule has 0 saturated heterocycles. The molecule has 0 spiro atoms. The Morgan fingerprint density at radius 2 is 2.00 bits per heavy atom. The lowest BCUT2D eigenvalue weighted by Gasteiger charge is -2.45. The molecule has 132 valence electrons. The summed E-state index contributed by atoms with van der Waals surface area (Å²) >= 11 is 0. The van der Waals surface area contributed by atoms with E-state index in [1.54, 1.807) is 7.11 Å². The lowest BCUT2D eigenvalue weighted by Crippen LogP contribution is -2.45. The Kier molecular flexibility index (Phi) is 4.59. The highest BCUT2D eigenvalue weighted by Gasteiger charge is 2.34. The highest BCUT2D eigenvalue weighted by Crippen LogP contribution is 2.44. The maximum absolute atomic E-state index is 5.66. The number of ether oxygens (including phenoxy) is 1. The Labute approximate surface area is 151 Å². The standard InChI is InChI=1S/C22H28N2O/c1-15-8-7-9-18(10-15)23-14-17-11-19-16(2)13-22(3,4)24(5)20(19)12-21(17)25-6/h7-12,14,16H,13H2,1-6H3. The van der Waals surface area contributed by atoms with Crippen LogP contribution in [0.3, 0.4) is 0 Å². The van der Waals surface area contributed by atoms with Crippen molar-refractivity contribution in [1.82, 2.24) is 0 Å². The first-order valence-corrected chi connectivity index (χ1v) is 8.88. The van der Waals surface area contributed by atoms with Gasteiger partial charge in [0.15, 0.2) is 0 Å². The summed E-state index contributed by atoms with van der Waals surface area (Å²) in [7, 11) is 3.90. The molecule has 2 aromatic carbocycles. The van der Waals surface area contributed by atoms with Gasteiger partial charge in [-0.1, -0.05) is 19.1 Å². The molecule has 1 heterocycles. The number of anilines is 1. The molecule has 1 unspecified atom stereocenters. The number of hydrogen-bond acceptors (Lipinski definition) is 3. The van der Waals surface area contributed by atoms with E-state index in [-0.39, 0.29) is 5.54 Å². The van der Waals surface area contributed by atoms with Gasteiger partial charge in [0.25, 0.3) is 0 Å². The summed E-state index contributed by atoms with van der Waals surface area (Å²) in [5, 5.41) is 0. The zero-order valence-electron chi connectivity index (χ0n) is 16.1. The minimum Gasteiger partial charge on any atom is -0.496 e. The molecule has 0 aromatic heterocycles. The van der Waals surface area contributed by atoms with E-state index in [1.165, 1.54) is 16.8 Å². The fourth-order valence-electron chi connectivity index (χ4n) is 3.74. The van der Waals surface area contributed by atoms with Gasteiger partial charge in [-0.2, -0.15) is 0 Å². The Bertz CT molecular complexity index is 808. The quantitative estimate of drug-likeness (QED) is 0.694. The second-order valence-electron chi connectivity index (χ2n) is 7.73. The summed E-state index contributed by atoms with van der Waals surface area (Å²) in [6.07, 6.45) is 3.05. The lowest BCUT2D eigenvalue weighted by atomic mass is 9.80. The molecule has 25 heavy (non-hydrogen) atoms. The first-order valence-electron chi connectivity index (χ1n) is 8.88. The van der Waals surface area contributed by atoms with Gasteiger partial charge in [0.1, 0.15) is 5.75 Å². The van der Waals surface area contributed by atoms with Gasteiger partial charge in [-0.25, -0.2) is 0 Å². The summed E-state index contributed by atoms with van der Waals surface area (Å²) in [6, 6.07) is 12.6. The van der Waals surface area contributed by atoms with Crippen LogP contribution in [0.2, 0.25) is 0 Å². The number of methoxy groups -OCH3 is 1. The van der Waals surface area contributed by atoms with Crippen molar-refractivity contribution in [3.05, 3.63) is 53.1 Å². The van der Waals surface area contributed by atoms with Crippen molar-refractivity contribution in [3.63, 3.8) is 0 Å². The van der Waals surface area contributed by atoms with Crippen LogP contribution in [0.15, 0.2) is 41.4 Å². The van der Waals surface area contributed by atoms with Gasteiger partial charge in [0.2, 0.25) is 0 Å². The van der Waals surface area contributed by atoms with E-state index in [2.05, 4.69) is 68.9 Å². The molecule has 0 fully saturated rings. The molecule has 0 radical (unpaired) electrons. The SMILES string of the molecule is COc1cc2c(cc1C=Nc1cccc(C)c1)C(C)CC(C)(C)N2C. The normalized spacial score (nSPS) is 19.1. The molecule has 1 atom stereocenters. The van der Waals surface area contributed by atoms with Crippen LogP contribution in [0.4, 0.5) is 11.4 Å². The van der Waals surface area contributed by atoms with E-state index >= 15 is 0 Å². The molecule has 3 rings (SSSR count). The molecule has 0 aliphatic carbocycles. The molecule has 1 aliphatic rings. The minimum atomic E-state index is 0.147.